The van der Waals surface area contributed by atoms with Crippen LogP contribution in [0.1, 0.15) is 30.1 Å². The number of hydrogen-bond donors (Lipinski definition) is 0. The summed E-state index contributed by atoms with van der Waals surface area (Å²) in [4.78, 5) is 24.5. The zero-order chi connectivity index (χ0) is 18.2. The van der Waals surface area contributed by atoms with Crippen molar-refractivity contribution in [3.05, 3.63) is 48.4 Å². The van der Waals surface area contributed by atoms with Crippen LogP contribution >= 0.6 is 0 Å². The van der Waals surface area contributed by atoms with Gasteiger partial charge in [-0.15, -0.1) is 0 Å². The van der Waals surface area contributed by atoms with Crippen LogP contribution in [-0.4, -0.2) is 60.0 Å². The maximum absolute atomic E-state index is 11.3. The van der Waals surface area contributed by atoms with Gasteiger partial charge in [0.1, 0.15) is 11.6 Å². The van der Waals surface area contributed by atoms with E-state index < -0.39 is 0 Å². The summed E-state index contributed by atoms with van der Waals surface area (Å²) in [6, 6.07) is 7.35. The van der Waals surface area contributed by atoms with Crippen molar-refractivity contribution < 1.29 is 9.53 Å². The van der Waals surface area contributed by atoms with E-state index in [9.17, 15) is 4.79 Å². The Morgan fingerprint density at radius 3 is 2.50 bits per heavy atom. The number of piperazine rings is 1. The highest BCUT2D eigenvalue weighted by molar-refractivity contribution is 5.94. The first kappa shape index (κ1) is 18.3. The number of ketones is 1. The van der Waals surface area contributed by atoms with E-state index in [1.807, 2.05) is 30.5 Å². The summed E-state index contributed by atoms with van der Waals surface area (Å²) in [7, 11) is 0. The van der Waals surface area contributed by atoms with Gasteiger partial charge in [0.15, 0.2) is 5.78 Å². The molecule has 0 spiro atoms. The summed E-state index contributed by atoms with van der Waals surface area (Å²) >= 11 is 0. The van der Waals surface area contributed by atoms with Crippen LogP contribution < -0.4 is 9.64 Å². The van der Waals surface area contributed by atoms with E-state index in [-0.39, 0.29) is 5.78 Å². The third-order valence-corrected chi connectivity index (χ3v) is 4.64. The lowest BCUT2D eigenvalue weighted by Crippen LogP contribution is -2.47. The Bertz CT molecular complexity index is 683. The van der Waals surface area contributed by atoms with Gasteiger partial charge in [0.2, 0.25) is 0 Å². The minimum atomic E-state index is 0.0796. The summed E-state index contributed by atoms with van der Waals surface area (Å²) in [5.41, 5.74) is 0.720. The minimum absolute atomic E-state index is 0.0796. The van der Waals surface area contributed by atoms with Gasteiger partial charge in [-0.25, -0.2) is 4.98 Å². The van der Waals surface area contributed by atoms with E-state index >= 15 is 0 Å². The summed E-state index contributed by atoms with van der Waals surface area (Å²) < 4.78 is 5.75. The van der Waals surface area contributed by atoms with Crippen LogP contribution in [0.5, 0.6) is 5.75 Å². The number of carbonyl (C=O) groups is 1. The highest BCUT2D eigenvalue weighted by atomic mass is 16.5. The average Bonchev–Trinajstić information content (AvgIpc) is 2.69. The molecule has 0 atom stereocenters. The normalized spacial score (nSPS) is 15.0. The number of nitrogens with zero attached hydrogens (tertiary/aromatic N) is 4. The molecule has 0 unspecified atom stereocenters. The van der Waals surface area contributed by atoms with E-state index in [4.69, 9.17) is 4.74 Å². The van der Waals surface area contributed by atoms with Crippen molar-refractivity contribution >= 4 is 11.6 Å². The number of unbranched alkanes of at least 4 members (excludes halogenated alkanes) is 1. The fraction of sp³-hybridized carbons (Fsp3) is 0.450. The average molecular weight is 354 g/mol. The highest BCUT2D eigenvalue weighted by Gasteiger charge is 2.17. The molecule has 2 aromatic rings. The SMILES string of the molecule is CC(=O)c1ccc(OCCCCN2CCN(c3cnccn3)CC2)cc1. The van der Waals surface area contributed by atoms with Gasteiger partial charge in [-0.2, -0.15) is 0 Å². The van der Waals surface area contributed by atoms with Gasteiger partial charge in [0.05, 0.1) is 12.8 Å². The van der Waals surface area contributed by atoms with Crippen LogP contribution in [-0.2, 0) is 0 Å². The highest BCUT2D eigenvalue weighted by Crippen LogP contribution is 2.14. The Balaban J connectivity index is 1.29. The third-order valence-electron chi connectivity index (χ3n) is 4.64. The lowest BCUT2D eigenvalue weighted by atomic mass is 10.1. The summed E-state index contributed by atoms with van der Waals surface area (Å²) in [6.45, 7) is 7.49. The van der Waals surface area contributed by atoms with Crippen LogP contribution in [0.2, 0.25) is 0 Å². The van der Waals surface area contributed by atoms with Crippen molar-refractivity contribution in [3.63, 3.8) is 0 Å². The molecule has 1 aromatic carbocycles. The standard InChI is InChI=1S/C20H26N4O2/c1-17(25)18-4-6-19(7-5-18)26-15-3-2-10-23-11-13-24(14-12-23)20-16-21-8-9-22-20/h4-9,16H,2-3,10-15H2,1H3. The smallest absolute Gasteiger partial charge is 0.159 e. The second kappa shape index (κ2) is 9.29. The van der Waals surface area contributed by atoms with Gasteiger partial charge in [-0.05, 0) is 50.6 Å². The number of Topliss-reactive ketones (excluding diaryl/α,β-unsaturated/α-hetero) is 1. The molecule has 1 saturated heterocycles. The molecule has 0 amide bonds. The molecule has 0 radical (unpaired) electrons. The predicted octanol–water partition coefficient (Wildman–Crippen LogP) is 2.66. The largest absolute Gasteiger partial charge is 0.494 e. The molecular formula is C20H26N4O2. The Morgan fingerprint density at radius 2 is 1.85 bits per heavy atom. The number of aromatic nitrogens is 2. The maximum Gasteiger partial charge on any atom is 0.159 e. The van der Waals surface area contributed by atoms with Crippen molar-refractivity contribution in [1.82, 2.24) is 14.9 Å². The molecule has 0 saturated carbocycles. The minimum Gasteiger partial charge on any atom is -0.494 e. The monoisotopic (exact) mass is 354 g/mol. The van der Waals surface area contributed by atoms with Crippen LogP contribution in [0, 0.1) is 0 Å². The second-order valence-corrected chi connectivity index (χ2v) is 6.53. The molecule has 138 valence electrons. The van der Waals surface area contributed by atoms with Crippen molar-refractivity contribution in [1.29, 1.82) is 0 Å². The summed E-state index contributed by atoms with van der Waals surface area (Å²) in [5, 5.41) is 0. The zero-order valence-corrected chi connectivity index (χ0v) is 15.3. The Labute approximate surface area is 154 Å². The van der Waals surface area contributed by atoms with E-state index in [0.717, 1.165) is 62.7 Å². The molecule has 1 aliphatic heterocycles. The predicted molar refractivity (Wildman–Crippen MR) is 102 cm³/mol. The molecule has 6 nitrogen and oxygen atoms in total. The molecule has 1 fully saturated rings. The molecule has 1 aliphatic rings. The second-order valence-electron chi connectivity index (χ2n) is 6.53. The van der Waals surface area contributed by atoms with Crippen molar-refractivity contribution in [2.45, 2.75) is 19.8 Å². The van der Waals surface area contributed by atoms with Crippen molar-refractivity contribution in [2.75, 3.05) is 44.2 Å². The van der Waals surface area contributed by atoms with Crippen LogP contribution in [0.25, 0.3) is 0 Å². The van der Waals surface area contributed by atoms with E-state index in [1.54, 1.807) is 19.3 Å². The maximum atomic E-state index is 11.3. The van der Waals surface area contributed by atoms with Crippen molar-refractivity contribution in [3.8, 4) is 5.75 Å². The number of anilines is 1. The first-order valence-electron chi connectivity index (χ1n) is 9.19. The number of carbonyl (C=O) groups excluding carboxylic acids is 1. The molecule has 0 aliphatic carbocycles. The number of benzene rings is 1. The fourth-order valence-electron chi connectivity index (χ4n) is 3.07. The summed E-state index contributed by atoms with van der Waals surface area (Å²) in [6.07, 6.45) is 7.43. The van der Waals surface area contributed by atoms with E-state index in [0.29, 0.717) is 6.61 Å². The van der Waals surface area contributed by atoms with Gasteiger partial charge < -0.3 is 9.64 Å². The van der Waals surface area contributed by atoms with Crippen LogP contribution in [0.15, 0.2) is 42.9 Å². The van der Waals surface area contributed by atoms with Gasteiger partial charge in [-0.3, -0.25) is 14.7 Å². The quantitative estimate of drug-likeness (QED) is 0.537. The van der Waals surface area contributed by atoms with Gasteiger partial charge in [-0.1, -0.05) is 0 Å². The zero-order valence-electron chi connectivity index (χ0n) is 15.3. The molecule has 1 aromatic heterocycles. The van der Waals surface area contributed by atoms with Gasteiger partial charge in [0.25, 0.3) is 0 Å². The first-order valence-corrected chi connectivity index (χ1v) is 9.19. The van der Waals surface area contributed by atoms with Gasteiger partial charge in [0, 0.05) is 44.1 Å². The first-order chi connectivity index (χ1) is 12.7. The molecule has 0 N–H and O–H groups in total. The molecule has 0 bridgehead atoms. The lowest BCUT2D eigenvalue weighted by molar-refractivity contribution is 0.101. The fourth-order valence-corrected chi connectivity index (χ4v) is 3.07. The van der Waals surface area contributed by atoms with E-state index in [1.165, 1.54) is 0 Å². The lowest BCUT2D eigenvalue weighted by Gasteiger charge is -2.35. The van der Waals surface area contributed by atoms with Crippen molar-refractivity contribution in [2.24, 2.45) is 0 Å². The number of rotatable bonds is 8. The molecule has 3 rings (SSSR count). The number of hydrogen-bond acceptors (Lipinski definition) is 6. The van der Waals surface area contributed by atoms with Gasteiger partial charge >= 0.3 is 0 Å². The Hall–Kier alpha value is -2.47. The Morgan fingerprint density at radius 1 is 1.08 bits per heavy atom. The molecule has 6 heteroatoms. The molecule has 2 heterocycles. The van der Waals surface area contributed by atoms with E-state index in [2.05, 4.69) is 19.8 Å². The summed E-state index contributed by atoms with van der Waals surface area (Å²) in [5.74, 6) is 1.87. The molecular weight excluding hydrogens is 328 g/mol. The van der Waals surface area contributed by atoms with Crippen LogP contribution in [0.3, 0.4) is 0 Å². The topological polar surface area (TPSA) is 58.6 Å². The molecule has 26 heavy (non-hydrogen) atoms. The van der Waals surface area contributed by atoms with Crippen LogP contribution in [0.4, 0.5) is 5.82 Å². The number of ether oxygens (including phenoxy) is 1. The Kier molecular flexibility index (Phi) is 6.55. The third kappa shape index (κ3) is 5.26.